The fourth-order valence-corrected chi connectivity index (χ4v) is 1.68. The number of carboxylic acid groups (broad SMARTS) is 1. The maximum absolute atomic E-state index is 11.0. The molecule has 0 saturated heterocycles. The summed E-state index contributed by atoms with van der Waals surface area (Å²) in [5.74, 6) is -2.22. The predicted molar refractivity (Wildman–Crippen MR) is 73.0 cm³/mol. The molecule has 1 aromatic heterocycles. The number of benzene rings is 1. The van der Waals surface area contributed by atoms with Gasteiger partial charge in [0.2, 0.25) is 5.89 Å². The summed E-state index contributed by atoms with van der Waals surface area (Å²) in [6.07, 6.45) is -0.245. The van der Waals surface area contributed by atoms with Crippen LogP contribution < -0.4 is 12.3 Å². The Kier molecular flexibility index (Phi) is 6.19. The number of thiol groups is 1. The Bertz CT molecular complexity index is 551. The molecule has 0 aliphatic heterocycles. The Morgan fingerprint density at radius 2 is 1.95 bits per heavy atom. The molecule has 19 heavy (non-hydrogen) atoms. The third kappa shape index (κ3) is 3.78. The second-order valence-electron chi connectivity index (χ2n) is 3.51. The van der Waals surface area contributed by atoms with Crippen LogP contribution in [-0.4, -0.2) is 21.2 Å². The minimum Gasteiger partial charge on any atom is -0.481 e. The van der Waals surface area contributed by atoms with E-state index in [-0.39, 0.29) is 24.6 Å². The number of oxazole rings is 1. The average molecular weight is 285 g/mol. The first-order valence-electron chi connectivity index (χ1n) is 4.88. The van der Waals surface area contributed by atoms with Gasteiger partial charge in [-0.2, -0.15) is 0 Å². The van der Waals surface area contributed by atoms with Gasteiger partial charge in [0.15, 0.2) is 10.7 Å². The highest BCUT2D eigenvalue weighted by molar-refractivity contribution is 7.96. The highest BCUT2D eigenvalue weighted by Crippen LogP contribution is 2.24. The molecule has 7 N–H and O–H groups in total. The zero-order chi connectivity index (χ0) is 12.4. The van der Waals surface area contributed by atoms with Crippen molar-refractivity contribution in [1.82, 2.24) is 17.3 Å². The van der Waals surface area contributed by atoms with Crippen LogP contribution in [0.15, 0.2) is 28.7 Å². The second-order valence-corrected chi connectivity index (χ2v) is 4.01. The van der Waals surface area contributed by atoms with Gasteiger partial charge in [-0.3, -0.25) is 9.59 Å². The Morgan fingerprint density at radius 1 is 1.32 bits per heavy atom. The van der Waals surface area contributed by atoms with Crippen LogP contribution in [0.4, 0.5) is 0 Å². The van der Waals surface area contributed by atoms with Gasteiger partial charge in [0.05, 0.1) is 0 Å². The van der Waals surface area contributed by atoms with Crippen LogP contribution in [0.2, 0.25) is 0 Å². The number of para-hydroxylation sites is 2. The van der Waals surface area contributed by atoms with Crippen LogP contribution in [0, 0.1) is 0 Å². The third-order valence-electron chi connectivity index (χ3n) is 2.29. The summed E-state index contributed by atoms with van der Waals surface area (Å²) < 4.78 is 5.31. The van der Waals surface area contributed by atoms with Crippen LogP contribution in [0.1, 0.15) is 18.2 Å². The molecule has 0 radical (unpaired) electrons. The van der Waals surface area contributed by atoms with Crippen LogP contribution in [0.5, 0.6) is 0 Å². The van der Waals surface area contributed by atoms with E-state index in [0.717, 1.165) is 0 Å². The number of rotatable bonds is 4. The molecule has 1 heterocycles. The summed E-state index contributed by atoms with van der Waals surface area (Å²) in [6, 6.07) is 6.93. The number of hydrogen-bond donors (Lipinski definition) is 4. The molecule has 2 aromatic rings. The molecule has 7 nitrogen and oxygen atoms in total. The molecule has 0 aliphatic rings. The van der Waals surface area contributed by atoms with Crippen molar-refractivity contribution in [3.8, 4) is 0 Å². The molecule has 1 atom stereocenters. The third-order valence-corrected chi connectivity index (χ3v) is 2.47. The summed E-state index contributed by atoms with van der Waals surface area (Å²) in [4.78, 5) is 26.0. The number of carboxylic acids is 1. The van der Waals surface area contributed by atoms with Crippen molar-refractivity contribution in [1.29, 1.82) is 0 Å². The molecule has 0 saturated carbocycles. The first-order chi connectivity index (χ1) is 8.08. The Labute approximate surface area is 114 Å². The first-order valence-corrected chi connectivity index (χ1v) is 5.32. The van der Waals surface area contributed by atoms with Gasteiger partial charge < -0.3 is 21.8 Å². The second kappa shape index (κ2) is 6.88. The lowest BCUT2D eigenvalue weighted by molar-refractivity contribution is -0.140. The van der Waals surface area contributed by atoms with Gasteiger partial charge in [0.1, 0.15) is 11.4 Å². The van der Waals surface area contributed by atoms with E-state index >= 15 is 0 Å². The highest BCUT2D eigenvalue weighted by Gasteiger charge is 2.27. The van der Waals surface area contributed by atoms with Crippen molar-refractivity contribution in [2.24, 2.45) is 0 Å². The summed E-state index contributed by atoms with van der Waals surface area (Å²) in [7, 11) is 0. The van der Waals surface area contributed by atoms with Gasteiger partial charge in [0.25, 0.3) is 0 Å². The SMILES string of the molecule is N.N.O=C(S)CC(C(=O)O)c1nc2ccccc2o1. The molecule has 0 aliphatic carbocycles. The number of hydrogen-bond acceptors (Lipinski definition) is 6. The molecule has 1 unspecified atom stereocenters. The van der Waals surface area contributed by atoms with Crippen LogP contribution in [0.3, 0.4) is 0 Å². The molecular weight excluding hydrogens is 270 g/mol. The van der Waals surface area contributed by atoms with Crippen LogP contribution in [0.25, 0.3) is 11.1 Å². The maximum atomic E-state index is 11.0. The average Bonchev–Trinajstić information content (AvgIpc) is 2.68. The van der Waals surface area contributed by atoms with Crippen molar-refractivity contribution < 1.29 is 19.1 Å². The molecule has 0 spiro atoms. The largest absolute Gasteiger partial charge is 0.481 e. The molecule has 0 fully saturated rings. The summed E-state index contributed by atoms with van der Waals surface area (Å²) in [6.45, 7) is 0. The lowest BCUT2D eigenvalue weighted by Crippen LogP contribution is -2.14. The van der Waals surface area contributed by atoms with Crippen molar-refractivity contribution in [2.45, 2.75) is 12.3 Å². The maximum Gasteiger partial charge on any atom is 0.316 e. The van der Waals surface area contributed by atoms with Crippen molar-refractivity contribution in [3.63, 3.8) is 0 Å². The molecule has 0 bridgehead atoms. The van der Waals surface area contributed by atoms with Crippen molar-refractivity contribution >= 4 is 34.8 Å². The van der Waals surface area contributed by atoms with Gasteiger partial charge >= 0.3 is 5.97 Å². The van der Waals surface area contributed by atoms with E-state index in [2.05, 4.69) is 17.6 Å². The summed E-state index contributed by atoms with van der Waals surface area (Å²) >= 11 is 3.57. The van der Waals surface area contributed by atoms with Gasteiger partial charge in [-0.1, -0.05) is 12.1 Å². The monoisotopic (exact) mass is 285 g/mol. The van der Waals surface area contributed by atoms with Gasteiger partial charge in [0, 0.05) is 6.42 Å². The lowest BCUT2D eigenvalue weighted by atomic mass is 10.1. The standard InChI is InChI=1S/C11H9NO4S.2H3N/c13-9(17)5-6(11(14)15)10-12-7-3-1-2-4-8(7)16-10;;/h1-4,6H,5H2,(H,13,17)(H,14,15);2*1H3. The van der Waals surface area contributed by atoms with Crippen molar-refractivity contribution in [3.05, 3.63) is 30.2 Å². The quantitative estimate of drug-likeness (QED) is 0.628. The van der Waals surface area contributed by atoms with E-state index in [1.165, 1.54) is 0 Å². The van der Waals surface area contributed by atoms with E-state index < -0.39 is 17.0 Å². The zero-order valence-corrected chi connectivity index (χ0v) is 11.0. The number of carbonyl (C=O) groups excluding carboxylic acids is 1. The number of nitrogens with zero attached hydrogens (tertiary/aromatic N) is 1. The molecular formula is C11H15N3O4S. The minimum absolute atomic E-state index is 0. The fourth-order valence-electron chi connectivity index (χ4n) is 1.49. The van der Waals surface area contributed by atoms with Gasteiger partial charge in [-0.05, 0) is 12.1 Å². The number of aliphatic carboxylic acids is 1. The smallest absolute Gasteiger partial charge is 0.316 e. The molecule has 0 amide bonds. The highest BCUT2D eigenvalue weighted by atomic mass is 32.1. The fraction of sp³-hybridized carbons (Fsp3) is 0.182. The summed E-state index contributed by atoms with van der Waals surface area (Å²) in [5, 5.41) is 8.50. The molecule has 8 heteroatoms. The lowest BCUT2D eigenvalue weighted by Gasteiger charge is -2.04. The Hall–Kier alpha value is -1.90. The Balaban J connectivity index is 0.00000162. The molecule has 2 rings (SSSR count). The van der Waals surface area contributed by atoms with Crippen LogP contribution in [-0.2, 0) is 9.59 Å². The molecule has 104 valence electrons. The van der Waals surface area contributed by atoms with Crippen LogP contribution >= 0.6 is 12.6 Å². The number of aromatic nitrogens is 1. The van der Waals surface area contributed by atoms with E-state index in [9.17, 15) is 9.59 Å². The van der Waals surface area contributed by atoms with E-state index in [1.54, 1.807) is 24.3 Å². The topological polar surface area (TPSA) is 150 Å². The predicted octanol–water partition coefficient (Wildman–Crippen LogP) is 2.17. The minimum atomic E-state index is -1.15. The van der Waals surface area contributed by atoms with E-state index in [0.29, 0.717) is 11.1 Å². The Morgan fingerprint density at radius 3 is 2.47 bits per heavy atom. The van der Waals surface area contributed by atoms with E-state index in [4.69, 9.17) is 9.52 Å². The normalized spacial score (nSPS) is 11.2. The van der Waals surface area contributed by atoms with Crippen molar-refractivity contribution in [2.75, 3.05) is 0 Å². The van der Waals surface area contributed by atoms with Gasteiger partial charge in [-0.25, -0.2) is 4.98 Å². The first kappa shape index (κ1) is 17.1. The number of fused-ring (bicyclic) bond motifs is 1. The van der Waals surface area contributed by atoms with E-state index in [1.807, 2.05) is 0 Å². The zero-order valence-electron chi connectivity index (χ0n) is 10.1. The number of carbonyl (C=O) groups is 2. The van der Waals surface area contributed by atoms with Gasteiger partial charge in [-0.15, -0.1) is 12.6 Å². The summed E-state index contributed by atoms with van der Waals surface area (Å²) in [5.41, 5.74) is 1.07. The molecule has 1 aromatic carbocycles.